The number of carbonyl (C=O) groups excluding carboxylic acids is 1. The molecule has 0 N–H and O–H groups in total. The van der Waals surface area contributed by atoms with Gasteiger partial charge < -0.3 is 14.2 Å². The molecule has 1 unspecified atom stereocenters. The zero-order valence-corrected chi connectivity index (χ0v) is 21.3. The molecule has 0 aliphatic carbocycles. The van der Waals surface area contributed by atoms with Crippen LogP contribution in [0.5, 0.6) is 17.2 Å². The Morgan fingerprint density at radius 1 is 0.824 bits per heavy atom. The zero-order valence-electron chi connectivity index (χ0n) is 21.3. The minimum absolute atomic E-state index is 0.391. The van der Waals surface area contributed by atoms with E-state index in [2.05, 4.69) is 20.8 Å². The van der Waals surface area contributed by atoms with Crippen molar-refractivity contribution in [2.24, 2.45) is 5.92 Å². The Morgan fingerprint density at radius 2 is 1.50 bits per heavy atom. The summed E-state index contributed by atoms with van der Waals surface area (Å²) in [6.45, 7) is 7.46. The molecule has 34 heavy (non-hydrogen) atoms. The van der Waals surface area contributed by atoms with Crippen LogP contribution in [0.2, 0.25) is 0 Å². The first-order valence-corrected chi connectivity index (χ1v) is 13.0. The molecule has 0 saturated carbocycles. The van der Waals surface area contributed by atoms with Gasteiger partial charge in [-0.15, -0.1) is 0 Å². The number of allylic oxidation sites excluding steroid dienone is 1. The largest absolute Gasteiger partial charge is 0.494 e. The maximum absolute atomic E-state index is 12.4. The number of benzene rings is 2. The molecule has 0 amide bonds. The molecule has 2 aromatic carbocycles. The molecule has 2 rings (SSSR count). The summed E-state index contributed by atoms with van der Waals surface area (Å²) < 4.78 is 16.9. The van der Waals surface area contributed by atoms with Crippen LogP contribution in [0, 0.1) is 5.92 Å². The summed E-state index contributed by atoms with van der Waals surface area (Å²) in [5, 5.41) is 0. The molecule has 0 radical (unpaired) electrons. The minimum atomic E-state index is -0.391. The van der Waals surface area contributed by atoms with Gasteiger partial charge in [0.1, 0.15) is 17.2 Å². The van der Waals surface area contributed by atoms with Gasteiger partial charge in [-0.25, -0.2) is 4.79 Å². The third-order valence-corrected chi connectivity index (χ3v) is 5.96. The summed E-state index contributed by atoms with van der Waals surface area (Å²) in [4.78, 5) is 12.4. The first-order chi connectivity index (χ1) is 16.6. The van der Waals surface area contributed by atoms with Crippen LogP contribution in [-0.2, 0) is 0 Å². The number of hydrogen-bond acceptors (Lipinski definition) is 4. The summed E-state index contributed by atoms with van der Waals surface area (Å²) in [5.41, 5.74) is 0.493. The number of ether oxygens (including phenoxy) is 3. The van der Waals surface area contributed by atoms with Crippen molar-refractivity contribution in [1.82, 2.24) is 0 Å². The second-order valence-corrected chi connectivity index (χ2v) is 8.94. The van der Waals surface area contributed by atoms with E-state index in [0.29, 0.717) is 23.7 Å². The number of esters is 1. The highest BCUT2D eigenvalue weighted by atomic mass is 16.5. The quantitative estimate of drug-likeness (QED) is 0.101. The molecule has 0 spiro atoms. The summed E-state index contributed by atoms with van der Waals surface area (Å²) in [6.07, 6.45) is 15.8. The summed E-state index contributed by atoms with van der Waals surface area (Å²) in [5.74, 6) is 2.40. The predicted molar refractivity (Wildman–Crippen MR) is 140 cm³/mol. The Kier molecular flexibility index (Phi) is 13.6. The molecule has 0 aliphatic heterocycles. The zero-order chi connectivity index (χ0) is 24.4. The van der Waals surface area contributed by atoms with Gasteiger partial charge in [-0.1, -0.05) is 65.7 Å². The fourth-order valence-electron chi connectivity index (χ4n) is 3.49. The summed E-state index contributed by atoms with van der Waals surface area (Å²) in [6, 6.07) is 14.2. The highest BCUT2D eigenvalue weighted by Gasteiger charge is 2.09. The first-order valence-electron chi connectivity index (χ1n) is 13.0. The molecule has 1 atom stereocenters. The molecule has 0 aromatic heterocycles. The van der Waals surface area contributed by atoms with E-state index in [1.165, 1.54) is 51.4 Å². The monoisotopic (exact) mass is 466 g/mol. The molecule has 2 aromatic rings. The highest BCUT2D eigenvalue weighted by Crippen LogP contribution is 2.20. The van der Waals surface area contributed by atoms with Gasteiger partial charge in [0.25, 0.3) is 0 Å². The van der Waals surface area contributed by atoms with Crippen molar-refractivity contribution >= 4 is 5.97 Å². The van der Waals surface area contributed by atoms with E-state index in [1.54, 1.807) is 42.7 Å². The molecule has 0 heterocycles. The van der Waals surface area contributed by atoms with Gasteiger partial charge in [-0.3, -0.25) is 0 Å². The molecule has 4 nitrogen and oxygen atoms in total. The third-order valence-electron chi connectivity index (χ3n) is 5.96. The molecule has 0 aliphatic rings. The number of unbranched alkanes of at least 4 members (excludes halogenated alkanes) is 6. The Hall–Kier alpha value is -2.75. The lowest BCUT2D eigenvalue weighted by Gasteiger charge is -2.09. The molecule has 4 heteroatoms. The van der Waals surface area contributed by atoms with Crippen LogP contribution < -0.4 is 14.2 Å². The van der Waals surface area contributed by atoms with Crippen molar-refractivity contribution in [1.29, 1.82) is 0 Å². The SMILES string of the molecule is CCCCCCC=COc1ccc(OC(=O)c2ccc(OCCCCCC(C)CC)cc2)cc1. The fourth-order valence-corrected chi connectivity index (χ4v) is 3.49. The van der Waals surface area contributed by atoms with Gasteiger partial charge in [0, 0.05) is 0 Å². The van der Waals surface area contributed by atoms with Crippen LogP contribution in [0.4, 0.5) is 0 Å². The van der Waals surface area contributed by atoms with E-state index in [1.807, 2.05) is 18.2 Å². The minimum Gasteiger partial charge on any atom is -0.494 e. The van der Waals surface area contributed by atoms with E-state index in [0.717, 1.165) is 24.5 Å². The van der Waals surface area contributed by atoms with Crippen molar-refractivity contribution in [3.05, 3.63) is 66.4 Å². The first kappa shape index (κ1) is 27.5. The second kappa shape index (κ2) is 16.8. The lowest BCUT2D eigenvalue weighted by atomic mass is 10.0. The van der Waals surface area contributed by atoms with Gasteiger partial charge in [0.2, 0.25) is 0 Å². The van der Waals surface area contributed by atoms with Gasteiger partial charge >= 0.3 is 5.97 Å². The molecule has 0 fully saturated rings. The van der Waals surface area contributed by atoms with E-state index in [-0.39, 0.29) is 0 Å². The van der Waals surface area contributed by atoms with E-state index >= 15 is 0 Å². The van der Waals surface area contributed by atoms with Crippen LogP contribution >= 0.6 is 0 Å². The van der Waals surface area contributed by atoms with Gasteiger partial charge in [-0.05, 0) is 79.8 Å². The van der Waals surface area contributed by atoms with E-state index in [4.69, 9.17) is 14.2 Å². The van der Waals surface area contributed by atoms with Gasteiger partial charge in [0.15, 0.2) is 0 Å². The van der Waals surface area contributed by atoms with Crippen LogP contribution in [0.1, 0.15) is 95.3 Å². The van der Waals surface area contributed by atoms with Crippen molar-refractivity contribution in [3.8, 4) is 17.2 Å². The number of carbonyl (C=O) groups is 1. The molecular weight excluding hydrogens is 424 g/mol. The highest BCUT2D eigenvalue weighted by molar-refractivity contribution is 5.91. The summed E-state index contributed by atoms with van der Waals surface area (Å²) in [7, 11) is 0. The molecular formula is C30H42O4. The van der Waals surface area contributed by atoms with E-state index < -0.39 is 5.97 Å². The lowest BCUT2D eigenvalue weighted by Crippen LogP contribution is -2.08. The maximum Gasteiger partial charge on any atom is 0.343 e. The molecule has 0 bridgehead atoms. The van der Waals surface area contributed by atoms with Crippen molar-refractivity contribution in [2.45, 2.75) is 85.0 Å². The van der Waals surface area contributed by atoms with Crippen molar-refractivity contribution < 1.29 is 19.0 Å². The average Bonchev–Trinajstić information content (AvgIpc) is 2.86. The topological polar surface area (TPSA) is 44.8 Å². The molecule has 186 valence electrons. The number of hydrogen-bond donors (Lipinski definition) is 0. The third kappa shape index (κ3) is 11.4. The Bertz CT molecular complexity index is 824. The maximum atomic E-state index is 12.4. The smallest absolute Gasteiger partial charge is 0.343 e. The summed E-state index contributed by atoms with van der Waals surface area (Å²) >= 11 is 0. The normalized spacial score (nSPS) is 12.0. The van der Waals surface area contributed by atoms with Crippen LogP contribution in [0.15, 0.2) is 60.9 Å². The van der Waals surface area contributed by atoms with Crippen LogP contribution in [0.3, 0.4) is 0 Å². The fraction of sp³-hybridized carbons (Fsp3) is 0.500. The van der Waals surface area contributed by atoms with Gasteiger partial charge in [-0.2, -0.15) is 0 Å². The number of rotatable bonds is 17. The molecule has 0 saturated heterocycles. The Labute approximate surface area is 206 Å². The lowest BCUT2D eigenvalue weighted by molar-refractivity contribution is 0.0734. The van der Waals surface area contributed by atoms with E-state index in [9.17, 15) is 4.79 Å². The van der Waals surface area contributed by atoms with Crippen molar-refractivity contribution in [3.63, 3.8) is 0 Å². The van der Waals surface area contributed by atoms with Crippen LogP contribution in [-0.4, -0.2) is 12.6 Å². The Balaban J connectivity index is 1.68. The van der Waals surface area contributed by atoms with Crippen molar-refractivity contribution in [2.75, 3.05) is 6.61 Å². The standard InChI is InChI=1S/C30H42O4/c1-4-6-7-8-9-12-23-33-28-19-21-29(22-20-28)34-30(31)26-15-17-27(18-16-26)32-24-13-10-11-14-25(3)5-2/h12,15-23,25H,4-11,13-14,24H2,1-3H3. The predicted octanol–water partition coefficient (Wildman–Crippen LogP) is 8.75. The Morgan fingerprint density at radius 3 is 2.21 bits per heavy atom. The average molecular weight is 467 g/mol. The van der Waals surface area contributed by atoms with Crippen LogP contribution in [0.25, 0.3) is 0 Å². The second-order valence-electron chi connectivity index (χ2n) is 8.94. The van der Waals surface area contributed by atoms with Gasteiger partial charge in [0.05, 0.1) is 18.4 Å².